The lowest BCUT2D eigenvalue weighted by Gasteiger charge is -2.12. The summed E-state index contributed by atoms with van der Waals surface area (Å²) in [4.78, 5) is 8.67. The quantitative estimate of drug-likeness (QED) is 0.737. The Labute approximate surface area is 104 Å². The molecule has 2 heterocycles. The molecular weight excluding hydrogens is 226 g/mol. The Morgan fingerprint density at radius 1 is 1.17 bits per heavy atom. The van der Waals surface area contributed by atoms with E-state index in [4.69, 9.17) is 0 Å². The second kappa shape index (κ2) is 4.44. The van der Waals surface area contributed by atoms with E-state index in [0.717, 1.165) is 22.5 Å². The van der Waals surface area contributed by atoms with E-state index < -0.39 is 0 Å². The van der Waals surface area contributed by atoms with Crippen molar-refractivity contribution in [2.45, 2.75) is 13.0 Å². The molecule has 0 radical (unpaired) electrons. The van der Waals surface area contributed by atoms with E-state index in [-0.39, 0.29) is 6.04 Å². The molecule has 5 heteroatoms. The van der Waals surface area contributed by atoms with Crippen molar-refractivity contribution in [1.82, 2.24) is 20.2 Å². The molecule has 1 aromatic carbocycles. The van der Waals surface area contributed by atoms with Crippen molar-refractivity contribution in [3.05, 3.63) is 48.5 Å². The molecule has 0 aliphatic heterocycles. The highest BCUT2D eigenvalue weighted by atomic mass is 15.2. The molecule has 1 unspecified atom stereocenters. The summed E-state index contributed by atoms with van der Waals surface area (Å²) in [7, 11) is 0. The van der Waals surface area contributed by atoms with Crippen molar-refractivity contribution in [3.8, 4) is 0 Å². The number of aromatic amines is 1. The van der Waals surface area contributed by atoms with Gasteiger partial charge in [0.2, 0.25) is 0 Å². The van der Waals surface area contributed by atoms with Crippen molar-refractivity contribution < 1.29 is 0 Å². The van der Waals surface area contributed by atoms with E-state index in [0.29, 0.717) is 0 Å². The Morgan fingerprint density at radius 2 is 2.06 bits per heavy atom. The monoisotopic (exact) mass is 239 g/mol. The van der Waals surface area contributed by atoms with E-state index in [1.165, 1.54) is 6.33 Å². The third-order valence-electron chi connectivity index (χ3n) is 2.81. The molecular formula is C13H13N5. The van der Waals surface area contributed by atoms with Gasteiger partial charge < -0.3 is 5.32 Å². The summed E-state index contributed by atoms with van der Waals surface area (Å²) < 4.78 is 0. The number of aromatic nitrogens is 4. The fourth-order valence-electron chi connectivity index (χ4n) is 1.86. The molecule has 5 nitrogen and oxygen atoms in total. The molecule has 0 saturated carbocycles. The first kappa shape index (κ1) is 10.7. The Hall–Kier alpha value is -2.43. The summed E-state index contributed by atoms with van der Waals surface area (Å²) in [5.41, 5.74) is 0.979. The predicted octanol–water partition coefficient (Wildman–Crippen LogP) is 2.53. The number of hydrogen-bond donors (Lipinski definition) is 2. The van der Waals surface area contributed by atoms with E-state index in [9.17, 15) is 0 Å². The third-order valence-corrected chi connectivity index (χ3v) is 2.81. The largest absolute Gasteiger partial charge is 0.360 e. The normalized spacial score (nSPS) is 12.5. The van der Waals surface area contributed by atoms with Crippen LogP contribution in [0.15, 0.2) is 42.7 Å². The number of nitrogens with zero attached hydrogens (tertiary/aromatic N) is 3. The molecule has 0 aliphatic carbocycles. The maximum atomic E-state index is 4.55. The van der Waals surface area contributed by atoms with Gasteiger partial charge in [-0.05, 0) is 25.1 Å². The Morgan fingerprint density at radius 3 is 2.89 bits per heavy atom. The van der Waals surface area contributed by atoms with Gasteiger partial charge in [-0.25, -0.2) is 9.97 Å². The van der Waals surface area contributed by atoms with Gasteiger partial charge in [0, 0.05) is 5.39 Å². The third kappa shape index (κ3) is 2.02. The molecule has 0 bridgehead atoms. The number of anilines is 1. The minimum Gasteiger partial charge on any atom is -0.360 e. The zero-order valence-electron chi connectivity index (χ0n) is 9.96. The van der Waals surface area contributed by atoms with E-state index in [1.807, 2.05) is 37.3 Å². The van der Waals surface area contributed by atoms with Gasteiger partial charge in [0.25, 0.3) is 0 Å². The van der Waals surface area contributed by atoms with Crippen LogP contribution in [0, 0.1) is 0 Å². The fourth-order valence-corrected chi connectivity index (χ4v) is 1.86. The zero-order valence-corrected chi connectivity index (χ0v) is 9.96. The Bertz CT molecular complexity index is 647. The van der Waals surface area contributed by atoms with Crippen LogP contribution in [0.4, 0.5) is 5.82 Å². The summed E-state index contributed by atoms with van der Waals surface area (Å²) in [5, 5.41) is 11.1. The zero-order chi connectivity index (χ0) is 12.4. The van der Waals surface area contributed by atoms with Gasteiger partial charge in [0.15, 0.2) is 0 Å². The molecule has 1 atom stereocenters. The highest BCUT2D eigenvalue weighted by Crippen LogP contribution is 2.18. The van der Waals surface area contributed by atoms with Crippen molar-refractivity contribution in [2.24, 2.45) is 0 Å². The van der Waals surface area contributed by atoms with Crippen molar-refractivity contribution in [3.63, 3.8) is 0 Å². The molecule has 3 aromatic rings. The van der Waals surface area contributed by atoms with Crippen LogP contribution in [0.5, 0.6) is 0 Å². The van der Waals surface area contributed by atoms with Gasteiger partial charge in [0.1, 0.15) is 18.0 Å². The topological polar surface area (TPSA) is 66.5 Å². The minimum atomic E-state index is 0.0427. The van der Waals surface area contributed by atoms with E-state index >= 15 is 0 Å². The lowest BCUT2D eigenvalue weighted by atomic mass is 10.2. The second-order valence-corrected chi connectivity index (χ2v) is 4.13. The van der Waals surface area contributed by atoms with Gasteiger partial charge in [0.05, 0.1) is 11.6 Å². The van der Waals surface area contributed by atoms with Crippen LogP contribution >= 0.6 is 0 Å². The molecule has 18 heavy (non-hydrogen) atoms. The summed E-state index contributed by atoms with van der Waals surface area (Å²) in [6.07, 6.45) is 1.50. The lowest BCUT2D eigenvalue weighted by Crippen LogP contribution is -2.09. The van der Waals surface area contributed by atoms with E-state index in [2.05, 4.69) is 31.5 Å². The number of nitrogens with one attached hydrogen (secondary N) is 2. The molecule has 3 rings (SSSR count). The first-order valence-corrected chi connectivity index (χ1v) is 5.80. The summed E-state index contributed by atoms with van der Waals surface area (Å²) in [5.74, 6) is 1.63. The predicted molar refractivity (Wildman–Crippen MR) is 70.2 cm³/mol. The smallest absolute Gasteiger partial charge is 0.146 e. The highest BCUT2D eigenvalue weighted by Gasteiger charge is 2.08. The summed E-state index contributed by atoms with van der Waals surface area (Å²) >= 11 is 0. The number of benzene rings is 1. The molecule has 2 N–H and O–H groups in total. The van der Waals surface area contributed by atoms with Gasteiger partial charge in [-0.2, -0.15) is 5.10 Å². The lowest BCUT2D eigenvalue weighted by molar-refractivity contribution is 0.791. The van der Waals surface area contributed by atoms with Crippen molar-refractivity contribution in [2.75, 3.05) is 5.32 Å². The van der Waals surface area contributed by atoms with Gasteiger partial charge in [-0.3, -0.25) is 5.10 Å². The molecule has 0 spiro atoms. The van der Waals surface area contributed by atoms with Crippen LogP contribution in [0.1, 0.15) is 18.8 Å². The van der Waals surface area contributed by atoms with Gasteiger partial charge >= 0.3 is 0 Å². The molecule has 0 amide bonds. The van der Waals surface area contributed by atoms with Crippen LogP contribution in [-0.2, 0) is 0 Å². The van der Waals surface area contributed by atoms with Gasteiger partial charge in [-0.15, -0.1) is 0 Å². The molecule has 0 saturated heterocycles. The number of para-hydroxylation sites is 1. The molecule has 0 fully saturated rings. The molecule has 90 valence electrons. The average Bonchev–Trinajstić information content (AvgIpc) is 2.92. The Kier molecular flexibility index (Phi) is 2.64. The van der Waals surface area contributed by atoms with Crippen LogP contribution in [0.2, 0.25) is 0 Å². The van der Waals surface area contributed by atoms with Crippen LogP contribution in [-0.4, -0.2) is 20.2 Å². The SMILES string of the molecule is CC(Nc1ccc2ccccc2n1)c1ncn[nH]1. The van der Waals surface area contributed by atoms with Crippen molar-refractivity contribution >= 4 is 16.7 Å². The number of hydrogen-bond acceptors (Lipinski definition) is 4. The fraction of sp³-hybridized carbons (Fsp3) is 0.154. The van der Waals surface area contributed by atoms with Crippen LogP contribution < -0.4 is 5.32 Å². The standard InChI is InChI=1S/C13H13N5/c1-9(13-14-8-15-18-13)16-12-7-6-10-4-2-3-5-11(10)17-12/h2-9H,1H3,(H,16,17)(H,14,15,18). The number of pyridine rings is 1. The number of fused-ring (bicyclic) bond motifs is 1. The van der Waals surface area contributed by atoms with E-state index in [1.54, 1.807) is 0 Å². The maximum Gasteiger partial charge on any atom is 0.146 e. The number of rotatable bonds is 3. The molecule has 0 aliphatic rings. The van der Waals surface area contributed by atoms with Crippen LogP contribution in [0.25, 0.3) is 10.9 Å². The highest BCUT2D eigenvalue weighted by molar-refractivity contribution is 5.80. The first-order valence-electron chi connectivity index (χ1n) is 5.80. The Balaban J connectivity index is 1.86. The van der Waals surface area contributed by atoms with Crippen LogP contribution in [0.3, 0.4) is 0 Å². The minimum absolute atomic E-state index is 0.0427. The summed E-state index contributed by atoms with van der Waals surface area (Å²) in [6.45, 7) is 2.01. The maximum absolute atomic E-state index is 4.55. The second-order valence-electron chi connectivity index (χ2n) is 4.13. The van der Waals surface area contributed by atoms with Gasteiger partial charge in [-0.1, -0.05) is 18.2 Å². The average molecular weight is 239 g/mol. The van der Waals surface area contributed by atoms with Crippen molar-refractivity contribution in [1.29, 1.82) is 0 Å². The molecule has 2 aromatic heterocycles. The number of H-pyrrole nitrogens is 1. The first-order chi connectivity index (χ1) is 8.83. The summed E-state index contributed by atoms with van der Waals surface area (Å²) in [6, 6.07) is 12.1.